The molecule has 0 saturated heterocycles. The number of nitrogens with one attached hydrogen (secondary N) is 1. The van der Waals surface area contributed by atoms with Crippen LogP contribution in [0.5, 0.6) is 0 Å². The van der Waals surface area contributed by atoms with Crippen LogP contribution >= 0.6 is 0 Å². The van der Waals surface area contributed by atoms with Gasteiger partial charge < -0.3 is 9.73 Å². The van der Waals surface area contributed by atoms with Crippen molar-refractivity contribution in [2.45, 2.75) is 0 Å². The summed E-state index contributed by atoms with van der Waals surface area (Å²) < 4.78 is 31.5. The first-order chi connectivity index (χ1) is 11.8. The van der Waals surface area contributed by atoms with E-state index in [0.717, 1.165) is 0 Å². The highest BCUT2D eigenvalue weighted by Crippen LogP contribution is 2.24. The van der Waals surface area contributed by atoms with Crippen LogP contribution in [0.25, 0.3) is 11.0 Å². The third kappa shape index (κ3) is 3.20. The second kappa shape index (κ2) is 6.11. The van der Waals surface area contributed by atoms with E-state index >= 15 is 0 Å². The fourth-order valence-corrected chi connectivity index (χ4v) is 2.22. The molecule has 1 N–H and O–H groups in total. The van der Waals surface area contributed by atoms with E-state index in [2.05, 4.69) is 5.32 Å². The van der Waals surface area contributed by atoms with E-state index in [-0.39, 0.29) is 11.3 Å². The van der Waals surface area contributed by atoms with Gasteiger partial charge in [-0.3, -0.25) is 14.9 Å². The van der Waals surface area contributed by atoms with Gasteiger partial charge in [0, 0.05) is 17.1 Å². The van der Waals surface area contributed by atoms with Crippen molar-refractivity contribution in [2.75, 3.05) is 5.32 Å². The Kier molecular flexibility index (Phi) is 3.97. The molecule has 0 saturated carbocycles. The summed E-state index contributed by atoms with van der Waals surface area (Å²) in [5.74, 6) is -3.79. The highest BCUT2D eigenvalue weighted by molar-refractivity contribution is 6.07. The number of fused-ring (bicyclic) bond motifs is 1. The molecule has 2 aromatic carbocycles. The molecule has 3 aromatic rings. The highest BCUT2D eigenvalue weighted by atomic mass is 19.2. The van der Waals surface area contributed by atoms with E-state index in [0.29, 0.717) is 17.5 Å². The summed E-state index contributed by atoms with van der Waals surface area (Å²) in [5, 5.41) is 13.8. The van der Waals surface area contributed by atoms with E-state index in [1.54, 1.807) is 0 Å². The summed E-state index contributed by atoms with van der Waals surface area (Å²) in [6.07, 6.45) is 0. The van der Waals surface area contributed by atoms with Gasteiger partial charge in [0.15, 0.2) is 11.6 Å². The van der Waals surface area contributed by atoms with Gasteiger partial charge in [0.05, 0.1) is 11.0 Å². The van der Waals surface area contributed by atoms with Crippen LogP contribution in [-0.4, -0.2) is 10.8 Å². The average Bonchev–Trinajstić information content (AvgIpc) is 2.56. The van der Waals surface area contributed by atoms with E-state index in [4.69, 9.17) is 4.42 Å². The van der Waals surface area contributed by atoms with Crippen molar-refractivity contribution in [3.63, 3.8) is 0 Å². The minimum Gasteiger partial charge on any atom is -0.423 e. The Morgan fingerprint density at radius 2 is 1.80 bits per heavy atom. The smallest absolute Gasteiger partial charge is 0.336 e. The van der Waals surface area contributed by atoms with Gasteiger partial charge in [-0.1, -0.05) is 0 Å². The standard InChI is InChI=1S/C16H8F2N2O5/c17-11-6-10(13(20(23)24)7-12(11)18)16(22)19-9-2-3-14-8(5-9)1-4-15(21)25-14/h1-7H,(H,19,22). The molecule has 0 fully saturated rings. The molecule has 3 rings (SSSR count). The lowest BCUT2D eigenvalue weighted by Crippen LogP contribution is -2.15. The SMILES string of the molecule is O=C(Nc1ccc2oc(=O)ccc2c1)c1cc(F)c(F)cc1[N+](=O)[O-]. The molecular formula is C16H8F2N2O5. The fraction of sp³-hybridized carbons (Fsp3) is 0. The number of hydrogen-bond acceptors (Lipinski definition) is 5. The van der Waals surface area contributed by atoms with Crippen molar-refractivity contribution in [3.8, 4) is 0 Å². The third-order valence-corrected chi connectivity index (χ3v) is 3.36. The number of amides is 1. The fourth-order valence-electron chi connectivity index (χ4n) is 2.22. The Morgan fingerprint density at radius 3 is 2.52 bits per heavy atom. The zero-order chi connectivity index (χ0) is 18.1. The van der Waals surface area contributed by atoms with Gasteiger partial charge in [-0.25, -0.2) is 13.6 Å². The molecule has 0 bridgehead atoms. The summed E-state index contributed by atoms with van der Waals surface area (Å²) in [6, 6.07) is 7.75. The number of carbonyl (C=O) groups is 1. The summed E-state index contributed by atoms with van der Waals surface area (Å²) in [5.41, 5.74) is -1.51. The average molecular weight is 346 g/mol. The minimum atomic E-state index is -1.43. The molecule has 126 valence electrons. The maximum atomic E-state index is 13.3. The number of benzene rings is 2. The lowest BCUT2D eigenvalue weighted by Gasteiger charge is -2.07. The highest BCUT2D eigenvalue weighted by Gasteiger charge is 2.24. The first-order valence-electron chi connectivity index (χ1n) is 6.84. The van der Waals surface area contributed by atoms with Gasteiger partial charge in [0.2, 0.25) is 0 Å². The van der Waals surface area contributed by atoms with Crippen molar-refractivity contribution in [1.29, 1.82) is 0 Å². The molecule has 9 heteroatoms. The molecule has 0 aliphatic rings. The molecule has 1 heterocycles. The number of halogens is 2. The second-order valence-corrected chi connectivity index (χ2v) is 5.00. The van der Waals surface area contributed by atoms with Crippen molar-refractivity contribution in [2.24, 2.45) is 0 Å². The van der Waals surface area contributed by atoms with Crippen LogP contribution in [0, 0.1) is 21.7 Å². The predicted octanol–water partition coefficient (Wildman–Crippen LogP) is 3.23. The monoisotopic (exact) mass is 346 g/mol. The third-order valence-electron chi connectivity index (χ3n) is 3.36. The van der Waals surface area contributed by atoms with Crippen LogP contribution < -0.4 is 10.9 Å². The molecule has 0 unspecified atom stereocenters. The number of nitro groups is 1. The first kappa shape index (κ1) is 16.2. The second-order valence-electron chi connectivity index (χ2n) is 5.00. The zero-order valence-corrected chi connectivity index (χ0v) is 12.3. The van der Waals surface area contributed by atoms with Crippen LogP contribution in [0.4, 0.5) is 20.2 Å². The van der Waals surface area contributed by atoms with E-state index in [1.165, 1.54) is 30.3 Å². The molecule has 0 spiro atoms. The predicted molar refractivity (Wildman–Crippen MR) is 83.4 cm³/mol. The molecular weight excluding hydrogens is 338 g/mol. The molecule has 0 aliphatic carbocycles. The molecule has 0 atom stereocenters. The first-order valence-corrected chi connectivity index (χ1v) is 6.84. The lowest BCUT2D eigenvalue weighted by molar-refractivity contribution is -0.385. The number of anilines is 1. The maximum Gasteiger partial charge on any atom is 0.336 e. The quantitative estimate of drug-likeness (QED) is 0.445. The van der Waals surface area contributed by atoms with Crippen molar-refractivity contribution in [3.05, 3.63) is 80.2 Å². The Balaban J connectivity index is 1.97. The number of rotatable bonds is 3. The number of hydrogen-bond donors (Lipinski definition) is 1. The molecule has 0 radical (unpaired) electrons. The van der Waals surface area contributed by atoms with Gasteiger partial charge in [-0.05, 0) is 30.3 Å². The van der Waals surface area contributed by atoms with E-state index < -0.39 is 39.3 Å². The maximum absolute atomic E-state index is 13.3. The Morgan fingerprint density at radius 1 is 1.08 bits per heavy atom. The minimum absolute atomic E-state index is 0.227. The number of carbonyl (C=O) groups excluding carboxylic acids is 1. The van der Waals surface area contributed by atoms with Gasteiger partial charge in [0.25, 0.3) is 11.6 Å². The van der Waals surface area contributed by atoms with E-state index in [1.807, 2.05) is 0 Å². The van der Waals surface area contributed by atoms with E-state index in [9.17, 15) is 28.5 Å². The van der Waals surface area contributed by atoms with Crippen LogP contribution in [0.1, 0.15) is 10.4 Å². The lowest BCUT2D eigenvalue weighted by atomic mass is 10.1. The van der Waals surface area contributed by atoms with Crippen LogP contribution in [0.2, 0.25) is 0 Å². The normalized spacial score (nSPS) is 10.6. The molecule has 7 nitrogen and oxygen atoms in total. The Bertz CT molecular complexity index is 1080. The number of nitro benzene ring substituents is 1. The molecule has 1 aromatic heterocycles. The largest absolute Gasteiger partial charge is 0.423 e. The van der Waals surface area contributed by atoms with Gasteiger partial charge in [-0.2, -0.15) is 0 Å². The van der Waals surface area contributed by atoms with Crippen molar-refractivity contribution in [1.82, 2.24) is 0 Å². The zero-order valence-electron chi connectivity index (χ0n) is 12.3. The van der Waals surface area contributed by atoms with Crippen LogP contribution in [0.15, 0.2) is 51.7 Å². The van der Waals surface area contributed by atoms with Crippen molar-refractivity contribution < 1.29 is 22.9 Å². The summed E-state index contributed by atoms with van der Waals surface area (Å²) in [4.78, 5) is 33.3. The summed E-state index contributed by atoms with van der Waals surface area (Å²) in [6.45, 7) is 0. The van der Waals surface area contributed by atoms with Crippen LogP contribution in [0.3, 0.4) is 0 Å². The van der Waals surface area contributed by atoms with Crippen LogP contribution in [-0.2, 0) is 0 Å². The Hall–Kier alpha value is -3.62. The topological polar surface area (TPSA) is 102 Å². The molecule has 25 heavy (non-hydrogen) atoms. The molecule has 0 aliphatic heterocycles. The summed E-state index contributed by atoms with van der Waals surface area (Å²) >= 11 is 0. The van der Waals surface area contributed by atoms with Gasteiger partial charge in [-0.15, -0.1) is 0 Å². The van der Waals surface area contributed by atoms with Crippen molar-refractivity contribution >= 4 is 28.3 Å². The van der Waals surface area contributed by atoms with Gasteiger partial charge >= 0.3 is 5.63 Å². The Labute approximate surface area is 137 Å². The number of nitrogens with zero attached hydrogens (tertiary/aromatic N) is 1. The molecule has 1 amide bonds. The van der Waals surface area contributed by atoms with Gasteiger partial charge in [0.1, 0.15) is 11.1 Å². The summed E-state index contributed by atoms with van der Waals surface area (Å²) in [7, 11) is 0.